The minimum atomic E-state index is -0.400. The fraction of sp³-hybridized carbons (Fsp3) is 0.0769. The van der Waals surface area contributed by atoms with Crippen LogP contribution in [0, 0.1) is 10.5 Å². The number of aryl methyl sites for hydroxylation is 1. The molecule has 0 bridgehead atoms. The SMILES string of the molecule is Cc1nc(/C=C/C(=O)Oc2cccc(I)c2)cs1. The van der Waals surface area contributed by atoms with Crippen molar-refractivity contribution in [2.45, 2.75) is 6.92 Å². The van der Waals surface area contributed by atoms with Crippen LogP contribution in [-0.2, 0) is 4.79 Å². The monoisotopic (exact) mass is 371 g/mol. The number of ether oxygens (including phenoxy) is 1. The van der Waals surface area contributed by atoms with Crippen molar-refractivity contribution in [1.29, 1.82) is 0 Å². The molecule has 0 unspecified atom stereocenters. The molecule has 0 saturated carbocycles. The summed E-state index contributed by atoms with van der Waals surface area (Å²) in [6, 6.07) is 7.34. The zero-order valence-electron chi connectivity index (χ0n) is 9.59. The van der Waals surface area contributed by atoms with E-state index < -0.39 is 5.97 Å². The Hall–Kier alpha value is -1.21. The Kier molecular flexibility index (Phi) is 4.48. The molecular weight excluding hydrogens is 361 g/mol. The van der Waals surface area contributed by atoms with Crippen LogP contribution < -0.4 is 4.74 Å². The first kappa shape index (κ1) is 13.2. The Balaban J connectivity index is 1.98. The Morgan fingerprint density at radius 1 is 1.50 bits per heavy atom. The second-order valence-corrected chi connectivity index (χ2v) is 5.81. The Morgan fingerprint density at radius 2 is 2.33 bits per heavy atom. The standard InChI is InChI=1S/C13H10INO2S/c1-9-15-11(8-18-9)5-6-13(16)17-12-4-2-3-10(14)7-12/h2-8H,1H3/b6-5+. The molecule has 92 valence electrons. The topological polar surface area (TPSA) is 39.2 Å². The molecule has 0 spiro atoms. The summed E-state index contributed by atoms with van der Waals surface area (Å²) in [7, 11) is 0. The van der Waals surface area contributed by atoms with E-state index in [9.17, 15) is 4.79 Å². The van der Waals surface area contributed by atoms with Crippen LogP contribution in [0.2, 0.25) is 0 Å². The molecule has 0 aliphatic carbocycles. The quantitative estimate of drug-likeness (QED) is 0.358. The molecule has 1 aromatic carbocycles. The highest BCUT2D eigenvalue weighted by Crippen LogP contribution is 2.15. The second-order valence-electron chi connectivity index (χ2n) is 3.50. The number of rotatable bonds is 3. The van der Waals surface area contributed by atoms with Gasteiger partial charge in [-0.05, 0) is 53.8 Å². The summed E-state index contributed by atoms with van der Waals surface area (Å²) in [5.41, 5.74) is 0.775. The number of carbonyl (C=O) groups excluding carboxylic acids is 1. The first-order valence-corrected chi connectivity index (χ1v) is 7.17. The van der Waals surface area contributed by atoms with E-state index in [1.165, 1.54) is 6.08 Å². The van der Waals surface area contributed by atoms with E-state index in [0.29, 0.717) is 5.75 Å². The van der Waals surface area contributed by atoms with Crippen LogP contribution in [0.4, 0.5) is 0 Å². The fourth-order valence-electron chi connectivity index (χ4n) is 1.29. The molecule has 2 rings (SSSR count). The van der Waals surface area contributed by atoms with Crippen molar-refractivity contribution < 1.29 is 9.53 Å². The van der Waals surface area contributed by atoms with E-state index in [1.54, 1.807) is 29.5 Å². The maximum absolute atomic E-state index is 11.6. The van der Waals surface area contributed by atoms with Gasteiger partial charge in [0.1, 0.15) is 5.75 Å². The molecule has 0 atom stereocenters. The molecule has 0 amide bonds. The minimum absolute atomic E-state index is 0.400. The summed E-state index contributed by atoms with van der Waals surface area (Å²) in [6.45, 7) is 1.92. The van der Waals surface area contributed by atoms with E-state index in [2.05, 4.69) is 27.6 Å². The zero-order chi connectivity index (χ0) is 13.0. The predicted octanol–water partition coefficient (Wildman–Crippen LogP) is 3.67. The average molecular weight is 371 g/mol. The van der Waals surface area contributed by atoms with Gasteiger partial charge in [0.15, 0.2) is 0 Å². The molecule has 0 fully saturated rings. The average Bonchev–Trinajstić information content (AvgIpc) is 2.73. The van der Waals surface area contributed by atoms with Crippen molar-refractivity contribution in [1.82, 2.24) is 4.98 Å². The van der Waals surface area contributed by atoms with E-state index in [-0.39, 0.29) is 0 Å². The molecule has 0 saturated heterocycles. The van der Waals surface area contributed by atoms with Crippen LogP contribution in [0.15, 0.2) is 35.7 Å². The normalized spacial score (nSPS) is 10.8. The number of thiazole rings is 1. The summed E-state index contributed by atoms with van der Waals surface area (Å²) < 4.78 is 6.19. The molecule has 5 heteroatoms. The number of esters is 1. The lowest BCUT2D eigenvalue weighted by Gasteiger charge is -2.00. The van der Waals surface area contributed by atoms with Gasteiger partial charge in [-0.1, -0.05) is 6.07 Å². The predicted molar refractivity (Wildman–Crippen MR) is 80.7 cm³/mol. The van der Waals surface area contributed by atoms with Crippen LogP contribution in [-0.4, -0.2) is 11.0 Å². The second kappa shape index (κ2) is 6.10. The lowest BCUT2D eigenvalue weighted by Crippen LogP contribution is -2.03. The summed E-state index contributed by atoms with van der Waals surface area (Å²) in [6.07, 6.45) is 3.04. The van der Waals surface area contributed by atoms with Crippen LogP contribution in [0.3, 0.4) is 0 Å². The third-order valence-electron chi connectivity index (χ3n) is 2.04. The number of carbonyl (C=O) groups is 1. The number of hydrogen-bond acceptors (Lipinski definition) is 4. The Morgan fingerprint density at radius 3 is 3.00 bits per heavy atom. The number of nitrogens with zero attached hydrogens (tertiary/aromatic N) is 1. The molecule has 0 aliphatic heterocycles. The van der Waals surface area contributed by atoms with Crippen molar-refractivity contribution in [2.75, 3.05) is 0 Å². The van der Waals surface area contributed by atoms with Gasteiger partial charge >= 0.3 is 5.97 Å². The zero-order valence-corrected chi connectivity index (χ0v) is 12.6. The highest BCUT2D eigenvalue weighted by molar-refractivity contribution is 14.1. The highest BCUT2D eigenvalue weighted by Gasteiger charge is 2.01. The molecule has 1 aromatic heterocycles. The number of benzene rings is 1. The fourth-order valence-corrected chi connectivity index (χ4v) is 2.39. The van der Waals surface area contributed by atoms with Gasteiger partial charge < -0.3 is 4.74 Å². The van der Waals surface area contributed by atoms with Crippen LogP contribution in [0.25, 0.3) is 6.08 Å². The van der Waals surface area contributed by atoms with Crippen molar-refractivity contribution in [2.24, 2.45) is 0 Å². The number of aromatic nitrogens is 1. The van der Waals surface area contributed by atoms with E-state index >= 15 is 0 Å². The van der Waals surface area contributed by atoms with E-state index in [1.807, 2.05) is 24.4 Å². The van der Waals surface area contributed by atoms with Gasteiger partial charge in [-0.15, -0.1) is 11.3 Å². The molecule has 18 heavy (non-hydrogen) atoms. The minimum Gasteiger partial charge on any atom is -0.423 e. The molecule has 3 nitrogen and oxygen atoms in total. The van der Waals surface area contributed by atoms with Crippen LogP contribution in [0.1, 0.15) is 10.7 Å². The van der Waals surface area contributed by atoms with Gasteiger partial charge in [0, 0.05) is 15.0 Å². The summed E-state index contributed by atoms with van der Waals surface area (Å²) in [5.74, 6) is 0.147. The lowest BCUT2D eigenvalue weighted by molar-refractivity contribution is -0.128. The Bertz CT molecular complexity index is 592. The third-order valence-corrected chi connectivity index (χ3v) is 3.50. The van der Waals surface area contributed by atoms with Gasteiger partial charge in [-0.3, -0.25) is 0 Å². The van der Waals surface area contributed by atoms with Gasteiger partial charge in [0.2, 0.25) is 0 Å². The first-order chi connectivity index (χ1) is 8.63. The molecule has 0 N–H and O–H groups in total. The van der Waals surface area contributed by atoms with Crippen molar-refractivity contribution in [3.8, 4) is 5.75 Å². The highest BCUT2D eigenvalue weighted by atomic mass is 127. The number of halogens is 1. The molecule has 2 aromatic rings. The largest absolute Gasteiger partial charge is 0.423 e. The van der Waals surface area contributed by atoms with Crippen molar-refractivity contribution in [3.63, 3.8) is 0 Å². The van der Waals surface area contributed by atoms with Gasteiger partial charge in [0.05, 0.1) is 10.7 Å². The van der Waals surface area contributed by atoms with E-state index in [0.717, 1.165) is 14.3 Å². The van der Waals surface area contributed by atoms with Crippen molar-refractivity contribution in [3.05, 3.63) is 50.0 Å². The first-order valence-electron chi connectivity index (χ1n) is 5.21. The van der Waals surface area contributed by atoms with Gasteiger partial charge in [-0.25, -0.2) is 9.78 Å². The summed E-state index contributed by atoms with van der Waals surface area (Å²) in [4.78, 5) is 15.8. The van der Waals surface area contributed by atoms with E-state index in [4.69, 9.17) is 4.74 Å². The molecule has 0 aliphatic rings. The van der Waals surface area contributed by atoms with Crippen LogP contribution >= 0.6 is 33.9 Å². The van der Waals surface area contributed by atoms with Gasteiger partial charge in [0.25, 0.3) is 0 Å². The molecule has 0 radical (unpaired) electrons. The number of hydrogen-bond donors (Lipinski definition) is 0. The Labute approximate surface area is 123 Å². The van der Waals surface area contributed by atoms with Gasteiger partial charge in [-0.2, -0.15) is 0 Å². The molecule has 1 heterocycles. The smallest absolute Gasteiger partial charge is 0.336 e. The maximum Gasteiger partial charge on any atom is 0.336 e. The maximum atomic E-state index is 11.6. The molecular formula is C13H10INO2S. The summed E-state index contributed by atoms with van der Waals surface area (Å²) >= 11 is 3.71. The van der Waals surface area contributed by atoms with Crippen molar-refractivity contribution >= 4 is 46.0 Å². The third kappa shape index (κ3) is 3.92. The van der Waals surface area contributed by atoms with Crippen LogP contribution in [0.5, 0.6) is 5.75 Å². The summed E-state index contributed by atoms with van der Waals surface area (Å²) in [5, 5.41) is 2.87. The lowest BCUT2D eigenvalue weighted by atomic mass is 10.3.